The first-order valence-electron chi connectivity index (χ1n) is 34.1. The Bertz CT molecular complexity index is 6640. The fourth-order valence-electron chi connectivity index (χ4n) is 14.8. The molecule has 6 aromatic heterocycles. The minimum Gasteiger partial charge on any atom is -0.292 e. The quantitative estimate of drug-likeness (QED) is 0.123. The van der Waals surface area contributed by atoms with Crippen LogP contribution >= 0.6 is 0 Å². The van der Waals surface area contributed by atoms with E-state index < -0.39 is 6.04 Å². The summed E-state index contributed by atoms with van der Waals surface area (Å²) in [4.78, 5) is 20.1. The lowest BCUT2D eigenvalue weighted by atomic mass is 9.86. The van der Waals surface area contributed by atoms with Crippen LogP contribution in [-0.2, 0) is 0 Å². The van der Waals surface area contributed by atoms with Gasteiger partial charge in [0.05, 0.1) is 51.3 Å². The van der Waals surface area contributed by atoms with Crippen molar-refractivity contribution in [2.45, 2.75) is 0 Å². The van der Waals surface area contributed by atoms with Crippen molar-refractivity contribution in [3.8, 4) is 67.0 Å². The van der Waals surface area contributed by atoms with Crippen LogP contribution in [0.15, 0.2) is 328 Å². The molecule has 20 aromatic rings. The molecule has 0 radical (unpaired) electrons. The van der Waals surface area contributed by atoms with E-state index >= 15 is 0 Å². The minimum atomic E-state index is -0.402. The fraction of sp³-hybridized carbons (Fsp3) is 0. The number of aromatic nitrogens is 6. The van der Waals surface area contributed by atoms with E-state index in [4.69, 9.17) is 26.8 Å². The van der Waals surface area contributed by atoms with Gasteiger partial charge in [-0.2, -0.15) is 0 Å². The number of imidazole rings is 2. The molecule has 6 heteroatoms. The zero-order valence-electron chi connectivity index (χ0n) is 55.5. The Labute approximate surface area is 547 Å². The summed E-state index contributed by atoms with van der Waals surface area (Å²) in [5.41, 5.74) is 19.8. The lowest BCUT2D eigenvalue weighted by Gasteiger charge is -2.18. The van der Waals surface area contributed by atoms with Crippen LogP contribution in [0, 0.1) is 0 Å². The Hall–Kier alpha value is -12.6. The van der Waals surface area contributed by atoms with E-state index in [0.717, 1.165) is 127 Å². The van der Waals surface area contributed by atoms with Crippen molar-refractivity contribution in [2.24, 2.45) is 0 Å². The van der Waals surface area contributed by atoms with Crippen molar-refractivity contribution in [1.29, 1.82) is 0 Å². The number of pyridine rings is 4. The molecule has 0 spiro atoms. The lowest BCUT2D eigenvalue weighted by Crippen LogP contribution is -1.93. The first kappa shape index (κ1) is 48.2. The van der Waals surface area contributed by atoms with Gasteiger partial charge in [-0.1, -0.05) is 267 Å². The molecule has 6 nitrogen and oxygen atoms in total. The summed E-state index contributed by atoms with van der Waals surface area (Å²) < 4.78 is 47.1. The molecule has 0 saturated heterocycles. The van der Waals surface area contributed by atoms with Crippen LogP contribution in [0.25, 0.3) is 187 Å². The van der Waals surface area contributed by atoms with Gasteiger partial charge in [0.15, 0.2) is 0 Å². The standard InChI is InChI=1S/2C44H27N3/c2*1-2-12-29(13-3-1)42-32-15-4-6-17-34(32)43(35-18-7-5-16-33(35)42)30-24-22-28(23-25-30)39-26-36-37(27-45-39)31-14-8-10-20-40(31)47-41-21-11-9-19-38(41)46-44(36)47/h2*1-27H/i1D,2D,3D,12D,13D;. The van der Waals surface area contributed by atoms with Crippen molar-refractivity contribution in [1.82, 2.24) is 28.7 Å². The second kappa shape index (κ2) is 21.5. The Morgan fingerprint density at radius 1 is 0.234 bits per heavy atom. The van der Waals surface area contributed by atoms with Crippen molar-refractivity contribution >= 4 is 120 Å². The highest BCUT2D eigenvalue weighted by molar-refractivity contribution is 6.23. The summed E-state index contributed by atoms with van der Waals surface area (Å²) in [6.07, 6.45) is 3.97. The number of benzene rings is 14. The average molecular weight is 1200 g/mol. The van der Waals surface area contributed by atoms with Gasteiger partial charge in [-0.3, -0.25) is 18.8 Å². The first-order chi connectivity index (χ1) is 48.7. The third-order valence-corrected chi connectivity index (χ3v) is 18.9. The van der Waals surface area contributed by atoms with Crippen molar-refractivity contribution < 1.29 is 6.85 Å². The van der Waals surface area contributed by atoms with E-state index in [1.54, 1.807) is 0 Å². The Balaban J connectivity index is 0.000000139. The molecular weight excluding hydrogens is 1140 g/mol. The maximum atomic E-state index is 8.83. The van der Waals surface area contributed by atoms with E-state index in [-0.39, 0.29) is 29.7 Å². The fourth-order valence-corrected chi connectivity index (χ4v) is 14.8. The smallest absolute Gasteiger partial charge is 0.146 e. The summed E-state index contributed by atoms with van der Waals surface area (Å²) in [6, 6.07) is 97.8. The third-order valence-electron chi connectivity index (χ3n) is 18.9. The van der Waals surface area contributed by atoms with Crippen molar-refractivity contribution in [3.63, 3.8) is 0 Å². The number of fused-ring (bicyclic) bond motifs is 20. The van der Waals surface area contributed by atoms with Crippen molar-refractivity contribution in [2.75, 3.05) is 0 Å². The highest BCUT2D eigenvalue weighted by Gasteiger charge is 2.21. The van der Waals surface area contributed by atoms with Crippen LogP contribution in [0.4, 0.5) is 0 Å². The Kier molecular flexibility index (Phi) is 11.0. The number of hydrogen-bond acceptors (Lipinski definition) is 4. The van der Waals surface area contributed by atoms with E-state index in [1.165, 1.54) is 49.2 Å². The van der Waals surface area contributed by atoms with Gasteiger partial charge in [0.2, 0.25) is 0 Å². The number of para-hydroxylation sites is 6. The molecule has 436 valence electrons. The van der Waals surface area contributed by atoms with Crippen LogP contribution in [-0.4, -0.2) is 28.7 Å². The van der Waals surface area contributed by atoms with Crippen molar-refractivity contribution in [3.05, 3.63) is 328 Å². The summed E-state index contributed by atoms with van der Waals surface area (Å²) in [5.74, 6) is 0. The molecule has 20 rings (SSSR count). The van der Waals surface area contributed by atoms with E-state index in [9.17, 15) is 0 Å². The summed E-state index contributed by atoms with van der Waals surface area (Å²) in [5, 5.41) is 15.1. The molecule has 0 fully saturated rings. The molecule has 0 aliphatic heterocycles. The normalized spacial score (nSPS) is 12.6. The third kappa shape index (κ3) is 8.36. The summed E-state index contributed by atoms with van der Waals surface area (Å²) in [6.45, 7) is 0. The van der Waals surface area contributed by atoms with E-state index in [2.05, 4.69) is 227 Å². The topological polar surface area (TPSA) is 60.4 Å². The van der Waals surface area contributed by atoms with Crippen LogP contribution in [0.1, 0.15) is 6.85 Å². The predicted molar refractivity (Wildman–Crippen MR) is 394 cm³/mol. The first-order valence-corrected chi connectivity index (χ1v) is 31.6. The van der Waals surface area contributed by atoms with Gasteiger partial charge in [0.25, 0.3) is 0 Å². The molecule has 14 aromatic carbocycles. The van der Waals surface area contributed by atoms with Gasteiger partial charge in [0.1, 0.15) is 11.3 Å². The molecule has 0 aliphatic rings. The SMILES string of the molecule is [2H]c1c([2H])c([2H])c(-c2c3ccccc3c(-c3ccc(-c4cc5c(cn4)c4ccccc4n4c6ccccc6nc54)cc3)c3ccccc23)c([2H])c1[2H].c1ccc(-c2c3ccccc3c(-c3ccc(-c4cc5c(cn4)c4ccccc4n4c6ccccc6nc54)cc3)c3ccccc23)cc1. The zero-order valence-corrected chi connectivity index (χ0v) is 50.5. The van der Waals surface area contributed by atoms with Gasteiger partial charge < -0.3 is 0 Å². The molecule has 6 heterocycles. The minimum absolute atomic E-state index is 0.204. The number of rotatable bonds is 6. The van der Waals surface area contributed by atoms with Crippen LogP contribution in [0.3, 0.4) is 0 Å². The van der Waals surface area contributed by atoms with Gasteiger partial charge >= 0.3 is 0 Å². The number of nitrogens with zero attached hydrogens (tertiary/aromatic N) is 6. The van der Waals surface area contributed by atoms with Gasteiger partial charge in [-0.25, -0.2) is 9.97 Å². The summed E-state index contributed by atoms with van der Waals surface area (Å²) >= 11 is 0. The molecule has 0 aliphatic carbocycles. The molecule has 0 unspecified atom stereocenters. The molecule has 0 saturated carbocycles. The maximum Gasteiger partial charge on any atom is 0.146 e. The molecule has 94 heavy (non-hydrogen) atoms. The van der Waals surface area contributed by atoms with Gasteiger partial charge in [0, 0.05) is 55.8 Å². The summed E-state index contributed by atoms with van der Waals surface area (Å²) in [7, 11) is 0. The highest BCUT2D eigenvalue weighted by atomic mass is 15.0. The number of hydrogen-bond donors (Lipinski definition) is 0. The molecule has 0 atom stereocenters. The van der Waals surface area contributed by atoms with Gasteiger partial charge in [-0.15, -0.1) is 0 Å². The second-order valence-corrected chi connectivity index (χ2v) is 24.0. The van der Waals surface area contributed by atoms with Crippen LogP contribution < -0.4 is 0 Å². The van der Waals surface area contributed by atoms with Gasteiger partial charge in [-0.05, 0) is 136 Å². The Morgan fingerprint density at radius 2 is 0.532 bits per heavy atom. The van der Waals surface area contributed by atoms with E-state index in [1.807, 2.05) is 79.1 Å². The second-order valence-electron chi connectivity index (χ2n) is 24.0. The maximum absolute atomic E-state index is 8.83. The Morgan fingerprint density at radius 3 is 0.915 bits per heavy atom. The lowest BCUT2D eigenvalue weighted by molar-refractivity contribution is 1.30. The molecule has 0 bridgehead atoms. The highest BCUT2D eigenvalue weighted by Crippen LogP contribution is 2.47. The predicted octanol–water partition coefficient (Wildman–Crippen LogP) is 23.0. The zero-order chi connectivity index (χ0) is 66.1. The largest absolute Gasteiger partial charge is 0.292 e. The monoisotopic (exact) mass is 1200 g/mol. The molecule has 0 amide bonds. The molecular formula is C88H54N6. The average Bonchev–Trinajstić information content (AvgIpc) is 1.69. The van der Waals surface area contributed by atoms with E-state index in [0.29, 0.717) is 5.56 Å². The molecule has 0 N–H and O–H groups in total. The van der Waals surface area contributed by atoms with Crippen LogP contribution in [0.5, 0.6) is 0 Å². The van der Waals surface area contributed by atoms with Crippen LogP contribution in [0.2, 0.25) is 0 Å².